The molecule has 20 heavy (non-hydrogen) atoms. The molecule has 1 heterocycles. The average molecular weight is 277 g/mol. The minimum atomic E-state index is -0.991. The van der Waals surface area contributed by atoms with Gasteiger partial charge in [0.25, 0.3) is 0 Å². The molecule has 2 fully saturated rings. The maximum absolute atomic E-state index is 11.0. The van der Waals surface area contributed by atoms with Gasteiger partial charge in [0.15, 0.2) is 0 Å². The van der Waals surface area contributed by atoms with Gasteiger partial charge in [0.1, 0.15) is 5.76 Å². The van der Waals surface area contributed by atoms with Crippen molar-refractivity contribution in [3.63, 3.8) is 0 Å². The van der Waals surface area contributed by atoms with E-state index in [-0.39, 0.29) is 5.76 Å². The van der Waals surface area contributed by atoms with Crippen molar-refractivity contribution in [2.75, 3.05) is 0 Å². The summed E-state index contributed by atoms with van der Waals surface area (Å²) in [6.07, 6.45) is 5.59. The average Bonchev–Trinajstić information content (AvgIpc) is 3.10. The quantitative estimate of drug-likeness (QED) is 0.867. The van der Waals surface area contributed by atoms with Crippen LogP contribution in [0.5, 0.6) is 0 Å². The van der Waals surface area contributed by atoms with Crippen molar-refractivity contribution in [1.29, 1.82) is 0 Å². The van der Waals surface area contributed by atoms with Crippen LogP contribution in [0.25, 0.3) is 0 Å². The molecule has 3 rings (SSSR count). The van der Waals surface area contributed by atoms with Gasteiger partial charge in [0.05, 0.1) is 6.54 Å². The van der Waals surface area contributed by atoms with Crippen LogP contribution in [0.4, 0.5) is 0 Å². The first-order chi connectivity index (χ1) is 9.54. The number of carboxylic acids is 1. The van der Waals surface area contributed by atoms with Crippen LogP contribution in [0, 0.1) is 24.7 Å². The summed E-state index contributed by atoms with van der Waals surface area (Å²) in [6, 6.07) is 2.30. The fourth-order valence-corrected chi connectivity index (χ4v) is 4.17. The van der Waals surface area contributed by atoms with Gasteiger partial charge < -0.3 is 14.8 Å². The van der Waals surface area contributed by atoms with Crippen molar-refractivity contribution < 1.29 is 14.3 Å². The molecule has 4 heteroatoms. The Hall–Kier alpha value is -1.29. The molecule has 4 nitrogen and oxygen atoms in total. The van der Waals surface area contributed by atoms with E-state index in [0.717, 1.165) is 23.5 Å². The van der Waals surface area contributed by atoms with Crippen molar-refractivity contribution in [1.82, 2.24) is 5.32 Å². The molecule has 2 aliphatic rings. The van der Waals surface area contributed by atoms with E-state index < -0.39 is 5.97 Å². The summed E-state index contributed by atoms with van der Waals surface area (Å²) in [6.45, 7) is 4.64. The highest BCUT2D eigenvalue weighted by Crippen LogP contribution is 2.49. The second kappa shape index (κ2) is 5.24. The van der Waals surface area contributed by atoms with Crippen LogP contribution in [0.1, 0.15) is 54.5 Å². The Morgan fingerprint density at radius 2 is 2.30 bits per heavy atom. The van der Waals surface area contributed by atoms with E-state index >= 15 is 0 Å². The van der Waals surface area contributed by atoms with Gasteiger partial charge in [-0.25, -0.2) is 4.79 Å². The zero-order valence-corrected chi connectivity index (χ0v) is 12.2. The molecule has 2 bridgehead atoms. The Kier molecular flexibility index (Phi) is 3.59. The Bertz CT molecular complexity index is 508. The lowest BCUT2D eigenvalue weighted by Crippen LogP contribution is -2.35. The third kappa shape index (κ3) is 2.49. The molecule has 0 aromatic carbocycles. The van der Waals surface area contributed by atoms with E-state index in [0.29, 0.717) is 18.2 Å². The molecule has 0 aliphatic heterocycles. The van der Waals surface area contributed by atoms with Gasteiger partial charge >= 0.3 is 5.97 Å². The number of fused-ring (bicyclic) bond motifs is 2. The predicted octanol–water partition coefficient (Wildman–Crippen LogP) is 3.20. The van der Waals surface area contributed by atoms with E-state index in [1.54, 1.807) is 6.92 Å². The first kappa shape index (κ1) is 13.7. The highest BCUT2D eigenvalue weighted by Gasteiger charge is 2.41. The Morgan fingerprint density at radius 3 is 2.85 bits per heavy atom. The summed E-state index contributed by atoms with van der Waals surface area (Å²) in [5, 5.41) is 12.5. The fraction of sp³-hybridized carbons (Fsp3) is 0.688. The molecule has 4 atom stereocenters. The largest absolute Gasteiger partial charge is 0.475 e. The van der Waals surface area contributed by atoms with E-state index in [1.165, 1.54) is 25.7 Å². The van der Waals surface area contributed by atoms with E-state index in [9.17, 15) is 4.79 Å². The second-order valence-electron chi connectivity index (χ2n) is 6.54. The van der Waals surface area contributed by atoms with Crippen molar-refractivity contribution in [2.24, 2.45) is 17.8 Å². The molecule has 2 aliphatic carbocycles. The number of aromatic carboxylic acids is 1. The van der Waals surface area contributed by atoms with Crippen LogP contribution in [0.2, 0.25) is 0 Å². The number of hydrogen-bond acceptors (Lipinski definition) is 3. The molecular weight excluding hydrogens is 254 g/mol. The van der Waals surface area contributed by atoms with Gasteiger partial charge in [0, 0.05) is 11.6 Å². The third-order valence-corrected chi connectivity index (χ3v) is 5.20. The smallest absolute Gasteiger partial charge is 0.372 e. The van der Waals surface area contributed by atoms with Gasteiger partial charge in [0.2, 0.25) is 5.76 Å². The summed E-state index contributed by atoms with van der Waals surface area (Å²) in [5.74, 6) is 2.43. The fourth-order valence-electron chi connectivity index (χ4n) is 4.17. The molecule has 110 valence electrons. The van der Waals surface area contributed by atoms with Crippen LogP contribution < -0.4 is 5.32 Å². The standard InChI is InChI=1S/C16H23NO3/c1-9-5-13(20-15(9)16(18)19)8-17-10(2)14-7-11-3-4-12(14)6-11/h5,10-12,14,17H,3-4,6-8H2,1-2H3,(H,18,19). The number of nitrogens with one attached hydrogen (secondary N) is 1. The highest BCUT2D eigenvalue weighted by molar-refractivity contribution is 5.86. The van der Waals surface area contributed by atoms with Crippen LogP contribution in [-0.2, 0) is 6.54 Å². The summed E-state index contributed by atoms with van der Waals surface area (Å²) in [7, 11) is 0. The number of aryl methyl sites for hydroxylation is 1. The van der Waals surface area contributed by atoms with Crippen molar-refractivity contribution in [3.05, 3.63) is 23.2 Å². The molecule has 0 amide bonds. The van der Waals surface area contributed by atoms with Crippen LogP contribution in [-0.4, -0.2) is 17.1 Å². The Labute approximate surface area is 119 Å². The highest BCUT2D eigenvalue weighted by atomic mass is 16.4. The Morgan fingerprint density at radius 1 is 1.50 bits per heavy atom. The second-order valence-corrected chi connectivity index (χ2v) is 6.54. The lowest BCUT2D eigenvalue weighted by molar-refractivity contribution is 0.0659. The van der Waals surface area contributed by atoms with Gasteiger partial charge in [-0.2, -0.15) is 0 Å². The SMILES string of the molecule is Cc1cc(CNC(C)C2CC3CCC2C3)oc1C(=O)O. The Balaban J connectivity index is 1.56. The van der Waals surface area contributed by atoms with Crippen LogP contribution in [0.15, 0.2) is 10.5 Å². The van der Waals surface area contributed by atoms with Gasteiger partial charge in [-0.15, -0.1) is 0 Å². The molecule has 4 unspecified atom stereocenters. The zero-order valence-electron chi connectivity index (χ0n) is 12.2. The molecule has 0 spiro atoms. The van der Waals surface area contributed by atoms with E-state index in [2.05, 4.69) is 12.2 Å². The predicted molar refractivity (Wildman–Crippen MR) is 75.6 cm³/mol. The maximum Gasteiger partial charge on any atom is 0.372 e. The summed E-state index contributed by atoms with van der Waals surface area (Å²) in [4.78, 5) is 11.0. The van der Waals surface area contributed by atoms with Gasteiger partial charge in [-0.3, -0.25) is 0 Å². The molecule has 2 N–H and O–H groups in total. The third-order valence-electron chi connectivity index (χ3n) is 5.20. The van der Waals surface area contributed by atoms with Crippen LogP contribution >= 0.6 is 0 Å². The monoisotopic (exact) mass is 277 g/mol. The van der Waals surface area contributed by atoms with Gasteiger partial charge in [-0.1, -0.05) is 6.42 Å². The molecule has 1 aromatic heterocycles. The molecular formula is C16H23NO3. The van der Waals surface area contributed by atoms with Crippen molar-refractivity contribution >= 4 is 5.97 Å². The summed E-state index contributed by atoms with van der Waals surface area (Å²) >= 11 is 0. The number of carbonyl (C=O) groups is 1. The topological polar surface area (TPSA) is 62.5 Å². The molecule has 0 radical (unpaired) electrons. The van der Waals surface area contributed by atoms with E-state index in [4.69, 9.17) is 9.52 Å². The maximum atomic E-state index is 11.0. The van der Waals surface area contributed by atoms with E-state index in [1.807, 2.05) is 6.07 Å². The summed E-state index contributed by atoms with van der Waals surface area (Å²) in [5.41, 5.74) is 0.696. The van der Waals surface area contributed by atoms with Gasteiger partial charge in [-0.05, 0) is 56.9 Å². The minimum Gasteiger partial charge on any atom is -0.475 e. The normalized spacial score (nSPS) is 29.8. The summed E-state index contributed by atoms with van der Waals surface area (Å²) < 4.78 is 5.39. The molecule has 2 saturated carbocycles. The minimum absolute atomic E-state index is 0.0642. The molecule has 1 aromatic rings. The van der Waals surface area contributed by atoms with Crippen molar-refractivity contribution in [3.8, 4) is 0 Å². The number of carboxylic acid groups (broad SMARTS) is 1. The number of rotatable bonds is 5. The molecule has 0 saturated heterocycles. The van der Waals surface area contributed by atoms with Crippen molar-refractivity contribution in [2.45, 2.75) is 52.1 Å². The number of furan rings is 1. The lowest BCUT2D eigenvalue weighted by Gasteiger charge is -2.28. The first-order valence-corrected chi connectivity index (χ1v) is 7.60. The lowest BCUT2D eigenvalue weighted by atomic mass is 9.84. The van der Waals surface area contributed by atoms with Crippen LogP contribution in [0.3, 0.4) is 0 Å². The zero-order chi connectivity index (χ0) is 14.3. The number of hydrogen-bond donors (Lipinski definition) is 2. The first-order valence-electron chi connectivity index (χ1n) is 7.60.